The van der Waals surface area contributed by atoms with Crippen molar-refractivity contribution in [2.45, 2.75) is 11.8 Å². The minimum absolute atomic E-state index is 0.299. The third-order valence-corrected chi connectivity index (χ3v) is 2.73. The molecule has 0 aliphatic heterocycles. The molecule has 0 aliphatic rings. The van der Waals surface area contributed by atoms with E-state index in [1.807, 2.05) is 0 Å². The van der Waals surface area contributed by atoms with Crippen molar-refractivity contribution in [2.24, 2.45) is 0 Å². The Balaban J connectivity index is 2.15. The number of benzene rings is 1. The van der Waals surface area contributed by atoms with Gasteiger partial charge in [0.15, 0.2) is 0 Å². The van der Waals surface area contributed by atoms with E-state index in [0.717, 1.165) is 11.6 Å². The van der Waals surface area contributed by atoms with Gasteiger partial charge in [0.1, 0.15) is 11.6 Å². The van der Waals surface area contributed by atoms with Gasteiger partial charge in [-0.05, 0) is 24.1 Å². The summed E-state index contributed by atoms with van der Waals surface area (Å²) < 4.78 is 30.9. The molecule has 1 aromatic heterocycles. The molecule has 0 spiro atoms. The lowest BCUT2D eigenvalue weighted by atomic mass is 10.1. The van der Waals surface area contributed by atoms with Crippen LogP contribution in [0, 0.1) is 11.6 Å². The van der Waals surface area contributed by atoms with Gasteiger partial charge in [-0.15, -0.1) is 11.6 Å². The monoisotopic (exact) mass is 242 g/mol. The van der Waals surface area contributed by atoms with Crippen LogP contribution < -0.4 is 0 Å². The first kappa shape index (κ1) is 11.1. The highest BCUT2D eigenvalue weighted by Crippen LogP contribution is 2.26. The third-order valence-electron chi connectivity index (χ3n) is 2.32. The largest absolute Gasteiger partial charge is 0.472 e. The Morgan fingerprint density at radius 3 is 2.69 bits per heavy atom. The van der Waals surface area contributed by atoms with Crippen LogP contribution in [0.5, 0.6) is 0 Å². The lowest BCUT2D eigenvalue weighted by Crippen LogP contribution is -1.98. The Labute approximate surface area is 96.6 Å². The predicted octanol–water partition coefficient (Wildman–Crippen LogP) is 4.08. The van der Waals surface area contributed by atoms with Gasteiger partial charge in [0.2, 0.25) is 0 Å². The van der Waals surface area contributed by atoms with Crippen LogP contribution in [0.2, 0.25) is 0 Å². The van der Waals surface area contributed by atoms with Crippen LogP contribution in [0.25, 0.3) is 0 Å². The number of rotatable bonds is 3. The molecule has 1 unspecified atom stereocenters. The zero-order chi connectivity index (χ0) is 11.5. The summed E-state index contributed by atoms with van der Waals surface area (Å²) in [7, 11) is 0. The van der Waals surface area contributed by atoms with Crippen LogP contribution in [-0.4, -0.2) is 0 Å². The molecule has 0 bridgehead atoms. The van der Waals surface area contributed by atoms with E-state index >= 15 is 0 Å². The molecule has 1 heterocycles. The molecule has 0 aliphatic carbocycles. The topological polar surface area (TPSA) is 13.1 Å². The Bertz CT molecular complexity index is 468. The van der Waals surface area contributed by atoms with E-state index in [9.17, 15) is 8.78 Å². The first-order valence-corrected chi connectivity index (χ1v) is 5.20. The number of alkyl halides is 1. The van der Waals surface area contributed by atoms with E-state index < -0.39 is 11.6 Å². The molecule has 2 rings (SSSR count). The minimum atomic E-state index is -0.587. The van der Waals surface area contributed by atoms with Crippen LogP contribution >= 0.6 is 11.6 Å². The Morgan fingerprint density at radius 1 is 1.25 bits per heavy atom. The Hall–Kier alpha value is -1.35. The summed E-state index contributed by atoms with van der Waals surface area (Å²) in [6.45, 7) is 0. The molecule has 84 valence electrons. The van der Waals surface area contributed by atoms with Crippen molar-refractivity contribution < 1.29 is 13.2 Å². The van der Waals surface area contributed by atoms with Gasteiger partial charge in [0.05, 0.1) is 17.9 Å². The number of halogens is 3. The second-order valence-electron chi connectivity index (χ2n) is 3.46. The standard InChI is InChI=1S/C12H9ClF2O/c13-11(9-3-4-16-7-9)5-8-1-2-10(14)6-12(8)15/h1-4,6-7,11H,5H2. The van der Waals surface area contributed by atoms with Crippen molar-refractivity contribution in [2.75, 3.05) is 0 Å². The highest BCUT2D eigenvalue weighted by atomic mass is 35.5. The molecule has 16 heavy (non-hydrogen) atoms. The Kier molecular flexibility index (Phi) is 3.25. The second-order valence-corrected chi connectivity index (χ2v) is 3.99. The average Bonchev–Trinajstić information content (AvgIpc) is 2.75. The van der Waals surface area contributed by atoms with E-state index in [1.54, 1.807) is 6.07 Å². The van der Waals surface area contributed by atoms with Crippen LogP contribution in [0.1, 0.15) is 16.5 Å². The summed E-state index contributed by atoms with van der Waals surface area (Å²) in [4.78, 5) is 0. The van der Waals surface area contributed by atoms with Gasteiger partial charge in [-0.1, -0.05) is 6.07 Å². The van der Waals surface area contributed by atoms with Gasteiger partial charge in [-0.3, -0.25) is 0 Å². The molecule has 0 saturated carbocycles. The van der Waals surface area contributed by atoms with Crippen LogP contribution in [0.4, 0.5) is 8.78 Å². The molecule has 2 aromatic rings. The molecular weight excluding hydrogens is 234 g/mol. The van der Waals surface area contributed by atoms with Crippen molar-refractivity contribution in [3.63, 3.8) is 0 Å². The molecule has 0 fully saturated rings. The lowest BCUT2D eigenvalue weighted by molar-refractivity contribution is 0.560. The molecular formula is C12H9ClF2O. The fourth-order valence-electron chi connectivity index (χ4n) is 1.45. The van der Waals surface area contributed by atoms with E-state index in [-0.39, 0.29) is 5.38 Å². The second kappa shape index (κ2) is 4.66. The van der Waals surface area contributed by atoms with Gasteiger partial charge >= 0.3 is 0 Å². The van der Waals surface area contributed by atoms with E-state index in [4.69, 9.17) is 16.0 Å². The molecule has 4 heteroatoms. The third kappa shape index (κ3) is 2.42. The maximum absolute atomic E-state index is 13.3. The number of hydrogen-bond donors (Lipinski definition) is 0. The molecule has 1 nitrogen and oxygen atoms in total. The van der Waals surface area contributed by atoms with Gasteiger partial charge in [0, 0.05) is 11.6 Å². The summed E-state index contributed by atoms with van der Waals surface area (Å²) in [6.07, 6.45) is 3.32. The van der Waals surface area contributed by atoms with E-state index in [2.05, 4.69) is 0 Å². The smallest absolute Gasteiger partial charge is 0.129 e. The molecule has 0 N–H and O–H groups in total. The summed E-state index contributed by atoms with van der Waals surface area (Å²) in [5.41, 5.74) is 1.17. The van der Waals surface area contributed by atoms with Crippen molar-refractivity contribution in [3.8, 4) is 0 Å². The zero-order valence-electron chi connectivity index (χ0n) is 8.29. The molecule has 0 radical (unpaired) electrons. The Morgan fingerprint density at radius 2 is 2.06 bits per heavy atom. The van der Waals surface area contributed by atoms with Crippen molar-refractivity contribution >= 4 is 11.6 Å². The molecule has 1 aromatic carbocycles. The number of hydrogen-bond acceptors (Lipinski definition) is 1. The van der Waals surface area contributed by atoms with Crippen molar-refractivity contribution in [1.82, 2.24) is 0 Å². The lowest BCUT2D eigenvalue weighted by Gasteiger charge is -2.07. The summed E-state index contributed by atoms with van der Waals surface area (Å²) in [5, 5.41) is -0.376. The highest BCUT2D eigenvalue weighted by molar-refractivity contribution is 6.20. The first-order chi connectivity index (χ1) is 7.66. The van der Waals surface area contributed by atoms with E-state index in [1.165, 1.54) is 24.7 Å². The molecule has 0 saturated heterocycles. The summed E-state index contributed by atoms with van der Waals surface area (Å²) in [6, 6.07) is 5.20. The summed E-state index contributed by atoms with van der Waals surface area (Å²) >= 11 is 6.07. The van der Waals surface area contributed by atoms with Crippen LogP contribution in [-0.2, 0) is 6.42 Å². The maximum Gasteiger partial charge on any atom is 0.129 e. The first-order valence-electron chi connectivity index (χ1n) is 4.77. The normalized spacial score (nSPS) is 12.7. The van der Waals surface area contributed by atoms with Gasteiger partial charge in [0.25, 0.3) is 0 Å². The average molecular weight is 243 g/mol. The minimum Gasteiger partial charge on any atom is -0.472 e. The quantitative estimate of drug-likeness (QED) is 0.739. The number of furan rings is 1. The molecule has 1 atom stereocenters. The fraction of sp³-hybridized carbons (Fsp3) is 0.167. The van der Waals surface area contributed by atoms with Crippen molar-refractivity contribution in [3.05, 3.63) is 59.6 Å². The van der Waals surface area contributed by atoms with Gasteiger partial charge < -0.3 is 4.42 Å². The van der Waals surface area contributed by atoms with E-state index in [0.29, 0.717) is 12.0 Å². The predicted molar refractivity (Wildman–Crippen MR) is 57.4 cm³/mol. The van der Waals surface area contributed by atoms with Crippen LogP contribution in [0.15, 0.2) is 41.2 Å². The van der Waals surface area contributed by atoms with Gasteiger partial charge in [-0.25, -0.2) is 8.78 Å². The molecule has 0 amide bonds. The van der Waals surface area contributed by atoms with Gasteiger partial charge in [-0.2, -0.15) is 0 Å². The SMILES string of the molecule is Fc1ccc(CC(Cl)c2ccoc2)c(F)c1. The maximum atomic E-state index is 13.3. The van der Waals surface area contributed by atoms with Crippen LogP contribution in [0.3, 0.4) is 0 Å². The zero-order valence-corrected chi connectivity index (χ0v) is 9.05. The summed E-state index contributed by atoms with van der Waals surface area (Å²) in [5.74, 6) is -1.16. The fourth-order valence-corrected chi connectivity index (χ4v) is 1.74. The van der Waals surface area contributed by atoms with Crippen molar-refractivity contribution in [1.29, 1.82) is 0 Å². The highest BCUT2D eigenvalue weighted by Gasteiger charge is 2.13.